The van der Waals surface area contributed by atoms with Crippen LogP contribution in [0, 0.1) is 12.8 Å². The zero-order valence-electron chi connectivity index (χ0n) is 12.0. The highest BCUT2D eigenvalue weighted by Gasteiger charge is 2.48. The highest BCUT2D eigenvalue weighted by molar-refractivity contribution is 5.93. The largest absolute Gasteiger partial charge is 0.326 e. The SMILES string of the molecule is Cc1ccnc(-c2ccc(NC(=O)C3CC(F)(F)C3)cc2)n1. The number of carbonyl (C=O) groups is 1. The van der Waals surface area contributed by atoms with Gasteiger partial charge in [0.25, 0.3) is 0 Å². The number of aryl methyl sites for hydroxylation is 1. The van der Waals surface area contributed by atoms with Crippen molar-refractivity contribution < 1.29 is 13.6 Å². The summed E-state index contributed by atoms with van der Waals surface area (Å²) < 4.78 is 25.5. The molecule has 0 bridgehead atoms. The van der Waals surface area contributed by atoms with Crippen molar-refractivity contribution in [1.29, 1.82) is 0 Å². The van der Waals surface area contributed by atoms with Gasteiger partial charge in [0.2, 0.25) is 11.8 Å². The molecule has 22 heavy (non-hydrogen) atoms. The molecule has 1 fully saturated rings. The molecule has 1 saturated carbocycles. The second kappa shape index (κ2) is 5.44. The molecular formula is C16H15F2N3O. The van der Waals surface area contributed by atoms with Gasteiger partial charge in [-0.1, -0.05) is 0 Å². The van der Waals surface area contributed by atoms with E-state index in [9.17, 15) is 13.6 Å². The predicted molar refractivity (Wildman–Crippen MR) is 78.5 cm³/mol. The molecule has 1 N–H and O–H groups in total. The quantitative estimate of drug-likeness (QED) is 0.945. The number of aromatic nitrogens is 2. The lowest BCUT2D eigenvalue weighted by Crippen LogP contribution is -2.42. The zero-order valence-corrected chi connectivity index (χ0v) is 12.0. The molecule has 4 nitrogen and oxygen atoms in total. The Morgan fingerprint density at radius 1 is 1.23 bits per heavy atom. The lowest BCUT2D eigenvalue weighted by molar-refractivity contribution is -0.145. The Morgan fingerprint density at radius 3 is 2.50 bits per heavy atom. The fourth-order valence-corrected chi connectivity index (χ4v) is 2.38. The van der Waals surface area contributed by atoms with Gasteiger partial charge < -0.3 is 5.32 Å². The van der Waals surface area contributed by atoms with Crippen LogP contribution in [-0.2, 0) is 4.79 Å². The first-order valence-electron chi connectivity index (χ1n) is 7.02. The van der Waals surface area contributed by atoms with Gasteiger partial charge in [-0.3, -0.25) is 4.79 Å². The maximum Gasteiger partial charge on any atom is 0.249 e. The van der Waals surface area contributed by atoms with Crippen LogP contribution >= 0.6 is 0 Å². The lowest BCUT2D eigenvalue weighted by atomic mass is 9.81. The van der Waals surface area contributed by atoms with E-state index in [0.29, 0.717) is 11.5 Å². The number of nitrogens with one attached hydrogen (secondary N) is 1. The van der Waals surface area contributed by atoms with E-state index in [1.165, 1.54) is 0 Å². The average molecular weight is 303 g/mol. The van der Waals surface area contributed by atoms with Crippen molar-refractivity contribution in [3.8, 4) is 11.4 Å². The Bertz CT molecular complexity index is 693. The third-order valence-corrected chi connectivity index (χ3v) is 3.67. The minimum absolute atomic E-state index is 0.356. The first-order chi connectivity index (χ1) is 10.4. The third-order valence-electron chi connectivity index (χ3n) is 3.67. The Hall–Kier alpha value is -2.37. The Labute approximate surface area is 126 Å². The minimum Gasteiger partial charge on any atom is -0.326 e. The van der Waals surface area contributed by atoms with E-state index in [1.807, 2.05) is 13.0 Å². The first-order valence-corrected chi connectivity index (χ1v) is 7.02. The monoisotopic (exact) mass is 303 g/mol. The van der Waals surface area contributed by atoms with E-state index in [1.54, 1.807) is 30.5 Å². The number of nitrogens with zero attached hydrogens (tertiary/aromatic N) is 2. The third kappa shape index (κ3) is 3.10. The number of amides is 1. The molecule has 1 aromatic heterocycles. The molecule has 0 unspecified atom stereocenters. The van der Waals surface area contributed by atoms with Gasteiger partial charge in [0, 0.05) is 41.9 Å². The standard InChI is InChI=1S/C16H15F2N3O/c1-10-6-7-19-14(20-10)11-2-4-13(5-3-11)21-15(22)12-8-16(17,18)9-12/h2-7,12H,8-9H2,1H3,(H,21,22). The minimum atomic E-state index is -2.69. The Kier molecular flexibility index (Phi) is 3.60. The molecule has 0 aliphatic heterocycles. The molecule has 1 amide bonds. The highest BCUT2D eigenvalue weighted by Crippen LogP contribution is 2.42. The number of benzene rings is 1. The summed E-state index contributed by atoms with van der Waals surface area (Å²) in [7, 11) is 0. The molecule has 0 spiro atoms. The Balaban J connectivity index is 1.66. The van der Waals surface area contributed by atoms with Crippen LogP contribution in [0.3, 0.4) is 0 Å². The van der Waals surface area contributed by atoms with Crippen LogP contribution in [0.25, 0.3) is 11.4 Å². The van der Waals surface area contributed by atoms with Crippen LogP contribution in [0.4, 0.5) is 14.5 Å². The van der Waals surface area contributed by atoms with Crippen LogP contribution in [-0.4, -0.2) is 21.8 Å². The maximum absolute atomic E-state index is 12.8. The second-order valence-corrected chi connectivity index (χ2v) is 5.55. The average Bonchev–Trinajstić information content (AvgIpc) is 2.45. The fourth-order valence-electron chi connectivity index (χ4n) is 2.38. The summed E-state index contributed by atoms with van der Waals surface area (Å²) in [5.41, 5.74) is 2.28. The van der Waals surface area contributed by atoms with Crippen molar-refractivity contribution in [3.63, 3.8) is 0 Å². The van der Waals surface area contributed by atoms with E-state index >= 15 is 0 Å². The summed E-state index contributed by atoms with van der Waals surface area (Å²) in [6.45, 7) is 1.88. The molecule has 1 heterocycles. The van der Waals surface area contributed by atoms with Crippen LogP contribution in [0.1, 0.15) is 18.5 Å². The van der Waals surface area contributed by atoms with Crippen LogP contribution in [0.15, 0.2) is 36.5 Å². The van der Waals surface area contributed by atoms with Crippen LogP contribution in [0.2, 0.25) is 0 Å². The van der Waals surface area contributed by atoms with Crippen LogP contribution < -0.4 is 5.32 Å². The number of hydrogen-bond donors (Lipinski definition) is 1. The van der Waals surface area contributed by atoms with E-state index in [0.717, 1.165) is 11.3 Å². The second-order valence-electron chi connectivity index (χ2n) is 5.55. The van der Waals surface area contributed by atoms with Crippen molar-refractivity contribution in [2.45, 2.75) is 25.7 Å². The number of carbonyl (C=O) groups excluding carboxylic acids is 1. The molecule has 0 saturated heterocycles. The summed E-state index contributed by atoms with van der Waals surface area (Å²) >= 11 is 0. The van der Waals surface area contributed by atoms with Crippen molar-refractivity contribution in [1.82, 2.24) is 9.97 Å². The van der Waals surface area contributed by atoms with Gasteiger partial charge in [-0.25, -0.2) is 18.7 Å². The molecule has 0 radical (unpaired) electrons. The molecule has 1 aromatic carbocycles. The zero-order chi connectivity index (χ0) is 15.7. The molecular weight excluding hydrogens is 288 g/mol. The first kappa shape index (κ1) is 14.6. The van der Waals surface area contributed by atoms with Gasteiger partial charge in [-0.2, -0.15) is 0 Å². The smallest absolute Gasteiger partial charge is 0.249 e. The fraction of sp³-hybridized carbons (Fsp3) is 0.312. The van der Waals surface area contributed by atoms with Crippen molar-refractivity contribution in [3.05, 3.63) is 42.2 Å². The van der Waals surface area contributed by atoms with E-state index < -0.39 is 11.8 Å². The summed E-state index contributed by atoms with van der Waals surface area (Å²) in [4.78, 5) is 20.3. The molecule has 6 heteroatoms. The molecule has 2 aromatic rings. The number of hydrogen-bond acceptors (Lipinski definition) is 3. The van der Waals surface area contributed by atoms with Gasteiger partial charge in [0.15, 0.2) is 5.82 Å². The van der Waals surface area contributed by atoms with Crippen LogP contribution in [0.5, 0.6) is 0 Å². The van der Waals surface area contributed by atoms with E-state index in [2.05, 4.69) is 15.3 Å². The van der Waals surface area contributed by atoms with Gasteiger partial charge >= 0.3 is 0 Å². The number of alkyl halides is 2. The molecule has 3 rings (SSSR count). The normalized spacial score (nSPS) is 16.9. The van der Waals surface area contributed by atoms with Gasteiger partial charge in [0.1, 0.15) is 0 Å². The number of rotatable bonds is 3. The van der Waals surface area contributed by atoms with Gasteiger partial charge in [0.05, 0.1) is 0 Å². The predicted octanol–water partition coefficient (Wildman–Crippen LogP) is 3.44. The summed E-state index contributed by atoms with van der Waals surface area (Å²) in [6.07, 6.45) is 0.951. The Morgan fingerprint density at radius 2 is 1.91 bits per heavy atom. The van der Waals surface area contributed by atoms with Crippen molar-refractivity contribution in [2.75, 3.05) is 5.32 Å². The van der Waals surface area contributed by atoms with E-state index in [-0.39, 0.29) is 18.7 Å². The lowest BCUT2D eigenvalue weighted by Gasteiger charge is -2.33. The summed E-state index contributed by atoms with van der Waals surface area (Å²) in [5, 5.41) is 2.66. The van der Waals surface area contributed by atoms with Gasteiger partial charge in [-0.05, 0) is 37.3 Å². The molecule has 114 valence electrons. The number of halogens is 2. The summed E-state index contributed by atoms with van der Waals surface area (Å²) in [5.74, 6) is -3.04. The maximum atomic E-state index is 12.8. The van der Waals surface area contributed by atoms with Crippen molar-refractivity contribution in [2.24, 2.45) is 5.92 Å². The summed E-state index contributed by atoms with van der Waals surface area (Å²) in [6, 6.07) is 8.83. The molecule has 1 aliphatic rings. The van der Waals surface area contributed by atoms with E-state index in [4.69, 9.17) is 0 Å². The van der Waals surface area contributed by atoms with Crippen molar-refractivity contribution >= 4 is 11.6 Å². The molecule has 1 aliphatic carbocycles. The highest BCUT2D eigenvalue weighted by atomic mass is 19.3. The van der Waals surface area contributed by atoms with Gasteiger partial charge in [-0.15, -0.1) is 0 Å². The molecule has 0 atom stereocenters. The number of anilines is 1. The topological polar surface area (TPSA) is 54.9 Å².